The molecule has 2 nitrogen and oxygen atoms in total. The second-order valence-corrected chi connectivity index (χ2v) is 4.85. The van der Waals surface area contributed by atoms with Crippen LogP contribution in [0.4, 0.5) is 4.39 Å². The minimum atomic E-state index is -0.187. The van der Waals surface area contributed by atoms with Crippen molar-refractivity contribution < 1.29 is 4.39 Å². The van der Waals surface area contributed by atoms with Crippen molar-refractivity contribution in [2.75, 3.05) is 6.54 Å². The fraction of sp³-hybridized carbons (Fsp3) is 0.615. The molecule has 1 heterocycles. The molecule has 0 radical (unpaired) electrons. The van der Waals surface area contributed by atoms with Crippen LogP contribution in [0.15, 0.2) is 18.5 Å². The molecule has 88 valence electrons. The predicted octanol–water partition coefficient (Wildman–Crippen LogP) is 2.71. The molecule has 0 aromatic carbocycles. The van der Waals surface area contributed by atoms with Crippen LogP contribution in [0.25, 0.3) is 0 Å². The molecule has 1 N–H and O–H groups in total. The minimum Gasteiger partial charge on any atom is -0.314 e. The number of nitrogens with zero attached hydrogens (tertiary/aromatic N) is 1. The van der Waals surface area contributed by atoms with Crippen molar-refractivity contribution >= 4 is 0 Å². The van der Waals surface area contributed by atoms with E-state index in [1.54, 1.807) is 12.3 Å². The number of hydrogen-bond acceptors (Lipinski definition) is 2. The van der Waals surface area contributed by atoms with Gasteiger partial charge in [0.2, 0.25) is 0 Å². The van der Waals surface area contributed by atoms with Crippen LogP contribution in [0, 0.1) is 11.7 Å². The lowest BCUT2D eigenvalue weighted by molar-refractivity contribution is 0.432. The summed E-state index contributed by atoms with van der Waals surface area (Å²) >= 11 is 0. The number of halogens is 1. The molecule has 0 saturated heterocycles. The highest BCUT2D eigenvalue weighted by atomic mass is 19.1. The fourth-order valence-corrected chi connectivity index (χ4v) is 1.88. The third-order valence-electron chi connectivity index (χ3n) is 3.45. The van der Waals surface area contributed by atoms with Gasteiger partial charge in [-0.15, -0.1) is 0 Å². The van der Waals surface area contributed by atoms with Gasteiger partial charge in [0.05, 0.1) is 6.20 Å². The Labute approximate surface area is 96.3 Å². The smallest absolute Gasteiger partial charge is 0.144 e. The van der Waals surface area contributed by atoms with Gasteiger partial charge in [-0.3, -0.25) is 4.98 Å². The first-order valence-electron chi connectivity index (χ1n) is 6.01. The molecule has 1 aliphatic rings. The molecule has 0 aliphatic heterocycles. The number of hydrogen-bond donors (Lipinski definition) is 1. The highest BCUT2D eigenvalue weighted by Gasteiger charge is 2.23. The lowest BCUT2D eigenvalue weighted by Crippen LogP contribution is -2.26. The second kappa shape index (κ2) is 4.91. The lowest BCUT2D eigenvalue weighted by Gasteiger charge is -2.21. The van der Waals surface area contributed by atoms with Crippen molar-refractivity contribution in [3.8, 4) is 0 Å². The van der Waals surface area contributed by atoms with E-state index >= 15 is 0 Å². The summed E-state index contributed by atoms with van der Waals surface area (Å²) in [5.41, 5.74) is 0.778. The molecule has 0 bridgehead atoms. The highest BCUT2D eigenvalue weighted by molar-refractivity contribution is 5.18. The van der Waals surface area contributed by atoms with Gasteiger partial charge < -0.3 is 5.32 Å². The standard InChI is InChI=1S/C13H19FN2/c1-9(7-16-11-3-4-11)10(2)12-5-6-15-8-13(12)14/h5-6,8-11,16H,3-4,7H2,1-2H3. The lowest BCUT2D eigenvalue weighted by atomic mass is 9.89. The van der Waals surface area contributed by atoms with E-state index in [1.807, 2.05) is 0 Å². The molecule has 2 unspecified atom stereocenters. The first kappa shape index (κ1) is 11.5. The van der Waals surface area contributed by atoms with E-state index in [9.17, 15) is 4.39 Å². The Morgan fingerprint density at radius 3 is 2.88 bits per heavy atom. The maximum Gasteiger partial charge on any atom is 0.144 e. The molecule has 1 aliphatic carbocycles. The topological polar surface area (TPSA) is 24.9 Å². The van der Waals surface area contributed by atoms with Gasteiger partial charge in [0.25, 0.3) is 0 Å². The van der Waals surface area contributed by atoms with E-state index in [-0.39, 0.29) is 11.7 Å². The molecule has 2 atom stereocenters. The van der Waals surface area contributed by atoms with Gasteiger partial charge in [-0.2, -0.15) is 0 Å². The molecule has 0 spiro atoms. The summed E-state index contributed by atoms with van der Waals surface area (Å²) in [6.07, 6.45) is 5.55. The Hall–Kier alpha value is -0.960. The van der Waals surface area contributed by atoms with Crippen molar-refractivity contribution in [3.63, 3.8) is 0 Å². The second-order valence-electron chi connectivity index (χ2n) is 4.85. The van der Waals surface area contributed by atoms with Gasteiger partial charge in [0, 0.05) is 12.2 Å². The van der Waals surface area contributed by atoms with Crippen molar-refractivity contribution in [2.45, 2.75) is 38.6 Å². The fourth-order valence-electron chi connectivity index (χ4n) is 1.88. The summed E-state index contributed by atoms with van der Waals surface area (Å²) in [5.74, 6) is 0.486. The van der Waals surface area contributed by atoms with E-state index in [2.05, 4.69) is 24.1 Å². The Morgan fingerprint density at radius 1 is 1.50 bits per heavy atom. The SMILES string of the molecule is CC(CNC1CC1)C(C)c1ccncc1F. The minimum absolute atomic E-state index is 0.187. The first-order valence-corrected chi connectivity index (χ1v) is 6.01. The Balaban J connectivity index is 1.94. The van der Waals surface area contributed by atoms with Crippen LogP contribution in [0.1, 0.15) is 38.2 Å². The van der Waals surface area contributed by atoms with Gasteiger partial charge in [-0.25, -0.2) is 4.39 Å². The summed E-state index contributed by atoms with van der Waals surface area (Å²) in [6.45, 7) is 5.21. The quantitative estimate of drug-likeness (QED) is 0.828. The van der Waals surface area contributed by atoms with Crippen LogP contribution in [0.3, 0.4) is 0 Å². The summed E-state index contributed by atoms with van der Waals surface area (Å²) in [6, 6.07) is 2.50. The average Bonchev–Trinajstić information content (AvgIpc) is 3.09. The Bertz CT molecular complexity index is 350. The van der Waals surface area contributed by atoms with E-state index in [0.717, 1.165) is 18.2 Å². The number of aromatic nitrogens is 1. The van der Waals surface area contributed by atoms with Crippen molar-refractivity contribution in [1.29, 1.82) is 0 Å². The zero-order valence-electron chi connectivity index (χ0n) is 9.91. The van der Waals surface area contributed by atoms with Gasteiger partial charge in [-0.1, -0.05) is 13.8 Å². The largest absolute Gasteiger partial charge is 0.314 e. The third kappa shape index (κ3) is 2.79. The molecular formula is C13H19FN2. The van der Waals surface area contributed by atoms with Crippen molar-refractivity contribution in [2.24, 2.45) is 5.92 Å². The molecule has 0 amide bonds. The molecule has 1 aromatic rings. The van der Waals surface area contributed by atoms with E-state index in [4.69, 9.17) is 0 Å². The van der Waals surface area contributed by atoms with Crippen molar-refractivity contribution in [3.05, 3.63) is 29.8 Å². The summed E-state index contributed by atoms with van der Waals surface area (Å²) in [4.78, 5) is 3.78. The average molecular weight is 222 g/mol. The van der Waals surface area contributed by atoms with Crippen LogP contribution in [-0.2, 0) is 0 Å². The zero-order valence-corrected chi connectivity index (χ0v) is 9.91. The number of nitrogens with one attached hydrogen (secondary N) is 1. The third-order valence-corrected chi connectivity index (χ3v) is 3.45. The molecule has 2 rings (SSSR count). The van der Waals surface area contributed by atoms with Gasteiger partial charge >= 0.3 is 0 Å². The van der Waals surface area contributed by atoms with Gasteiger partial charge in [0.1, 0.15) is 5.82 Å². The molecule has 1 fully saturated rings. The Morgan fingerprint density at radius 2 is 2.25 bits per heavy atom. The maximum atomic E-state index is 13.5. The predicted molar refractivity (Wildman–Crippen MR) is 62.8 cm³/mol. The van der Waals surface area contributed by atoms with Crippen molar-refractivity contribution in [1.82, 2.24) is 10.3 Å². The van der Waals surface area contributed by atoms with E-state index in [1.165, 1.54) is 19.0 Å². The van der Waals surface area contributed by atoms with Crippen LogP contribution in [0.5, 0.6) is 0 Å². The summed E-state index contributed by atoms with van der Waals surface area (Å²) < 4.78 is 13.5. The van der Waals surface area contributed by atoms with Crippen LogP contribution in [-0.4, -0.2) is 17.6 Å². The number of rotatable bonds is 5. The maximum absolute atomic E-state index is 13.5. The van der Waals surface area contributed by atoms with Crippen LogP contribution < -0.4 is 5.32 Å². The van der Waals surface area contributed by atoms with E-state index in [0.29, 0.717) is 5.92 Å². The van der Waals surface area contributed by atoms with Crippen LogP contribution in [0.2, 0.25) is 0 Å². The Kier molecular flexibility index (Phi) is 3.54. The zero-order chi connectivity index (χ0) is 11.5. The molecule has 1 aromatic heterocycles. The number of pyridine rings is 1. The monoisotopic (exact) mass is 222 g/mol. The van der Waals surface area contributed by atoms with Gasteiger partial charge in [0.15, 0.2) is 0 Å². The molecule has 16 heavy (non-hydrogen) atoms. The summed E-state index contributed by atoms with van der Waals surface area (Å²) in [5, 5.41) is 3.49. The van der Waals surface area contributed by atoms with Gasteiger partial charge in [-0.05, 0) is 42.9 Å². The highest BCUT2D eigenvalue weighted by Crippen LogP contribution is 2.26. The normalized spacial score (nSPS) is 19.4. The molecular weight excluding hydrogens is 203 g/mol. The molecule has 3 heteroatoms. The van der Waals surface area contributed by atoms with E-state index < -0.39 is 0 Å². The molecule has 1 saturated carbocycles. The first-order chi connectivity index (χ1) is 7.68. The van der Waals surface area contributed by atoms with Crippen LogP contribution >= 0.6 is 0 Å². The summed E-state index contributed by atoms with van der Waals surface area (Å²) in [7, 11) is 0.